The molecule has 0 fully saturated rings. The molecule has 0 radical (unpaired) electrons. The molecule has 1 N–H and O–H groups in total. The van der Waals surface area contributed by atoms with E-state index in [1.165, 1.54) is 18.2 Å². The number of nitrogens with one attached hydrogen (secondary N) is 1. The molecular formula is C21H19ClN4O3. The first kappa shape index (κ1) is 19.3. The highest BCUT2D eigenvalue weighted by molar-refractivity contribution is 6.34. The van der Waals surface area contributed by atoms with Gasteiger partial charge in [0.15, 0.2) is 0 Å². The summed E-state index contributed by atoms with van der Waals surface area (Å²) in [6.45, 7) is 4.54. The zero-order valence-corrected chi connectivity index (χ0v) is 16.6. The molecule has 0 saturated carbocycles. The first-order valence-corrected chi connectivity index (χ1v) is 9.74. The number of carbonyl (C=O) groups is 1. The van der Waals surface area contributed by atoms with Crippen LogP contribution in [0.5, 0.6) is 0 Å². The zero-order chi connectivity index (χ0) is 20.5. The van der Waals surface area contributed by atoms with Gasteiger partial charge in [0.2, 0.25) is 0 Å². The Morgan fingerprint density at radius 3 is 2.83 bits per heavy atom. The average molecular weight is 411 g/mol. The van der Waals surface area contributed by atoms with E-state index < -0.39 is 4.92 Å². The Balaban J connectivity index is 1.78. The van der Waals surface area contributed by atoms with Crippen LogP contribution in [0.1, 0.15) is 28.5 Å². The van der Waals surface area contributed by atoms with Crippen LogP contribution in [0, 0.1) is 10.1 Å². The molecule has 1 amide bonds. The predicted molar refractivity (Wildman–Crippen MR) is 112 cm³/mol. The van der Waals surface area contributed by atoms with E-state index in [0.717, 1.165) is 41.7 Å². The second-order valence-corrected chi connectivity index (χ2v) is 7.33. The summed E-state index contributed by atoms with van der Waals surface area (Å²) in [4.78, 5) is 30.8. The summed E-state index contributed by atoms with van der Waals surface area (Å²) >= 11 is 6.17. The van der Waals surface area contributed by atoms with E-state index in [9.17, 15) is 14.9 Å². The Morgan fingerprint density at radius 2 is 2.10 bits per heavy atom. The maximum Gasteiger partial charge on any atom is 0.271 e. The minimum Gasteiger partial charge on any atom is -0.321 e. The molecule has 3 aromatic rings. The van der Waals surface area contributed by atoms with E-state index >= 15 is 0 Å². The molecule has 0 saturated heterocycles. The lowest BCUT2D eigenvalue weighted by Gasteiger charge is -2.29. The topological polar surface area (TPSA) is 88.4 Å². The third-order valence-corrected chi connectivity index (χ3v) is 5.52. The minimum atomic E-state index is -0.524. The van der Waals surface area contributed by atoms with E-state index in [0.29, 0.717) is 17.8 Å². The summed E-state index contributed by atoms with van der Waals surface area (Å²) in [7, 11) is 0. The molecule has 0 aliphatic carbocycles. The Labute approximate surface area is 172 Å². The number of anilines is 1. The van der Waals surface area contributed by atoms with Crippen LogP contribution in [0.15, 0.2) is 42.5 Å². The Hall–Kier alpha value is -3.03. The van der Waals surface area contributed by atoms with E-state index in [1.54, 1.807) is 0 Å². The molecule has 0 bridgehead atoms. The number of carbonyl (C=O) groups excluding carboxylic acids is 1. The van der Waals surface area contributed by atoms with Crippen molar-refractivity contribution in [3.8, 4) is 0 Å². The largest absolute Gasteiger partial charge is 0.321 e. The van der Waals surface area contributed by atoms with Crippen molar-refractivity contribution in [3.63, 3.8) is 0 Å². The maximum absolute atomic E-state index is 13.3. The number of nitro groups is 1. The first-order chi connectivity index (χ1) is 14.0. The molecule has 0 atom stereocenters. The smallest absolute Gasteiger partial charge is 0.271 e. The number of hydrogen-bond donors (Lipinski definition) is 1. The van der Waals surface area contributed by atoms with Gasteiger partial charge in [-0.1, -0.05) is 36.7 Å². The molecule has 1 aliphatic rings. The van der Waals surface area contributed by atoms with Gasteiger partial charge in [-0.2, -0.15) is 0 Å². The van der Waals surface area contributed by atoms with Gasteiger partial charge in [-0.15, -0.1) is 0 Å². The molecule has 4 rings (SSSR count). The first-order valence-electron chi connectivity index (χ1n) is 9.36. The van der Waals surface area contributed by atoms with Gasteiger partial charge in [0.1, 0.15) is 0 Å². The van der Waals surface area contributed by atoms with Gasteiger partial charge in [0, 0.05) is 48.3 Å². The molecule has 8 heteroatoms. The van der Waals surface area contributed by atoms with Crippen LogP contribution in [0.25, 0.3) is 10.9 Å². The van der Waals surface area contributed by atoms with Gasteiger partial charge in [0.05, 0.1) is 26.7 Å². The second-order valence-electron chi connectivity index (χ2n) is 6.92. The number of nitro benzene ring substituents is 1. The number of para-hydroxylation sites is 1. The summed E-state index contributed by atoms with van der Waals surface area (Å²) in [6, 6.07) is 11.6. The molecule has 7 nitrogen and oxygen atoms in total. The van der Waals surface area contributed by atoms with E-state index in [4.69, 9.17) is 16.6 Å². The number of halogens is 1. The number of pyridine rings is 1. The highest BCUT2D eigenvalue weighted by atomic mass is 35.5. The van der Waals surface area contributed by atoms with E-state index in [-0.39, 0.29) is 16.6 Å². The fraction of sp³-hybridized carbons (Fsp3) is 0.238. The van der Waals surface area contributed by atoms with Crippen molar-refractivity contribution in [3.05, 3.63) is 74.4 Å². The summed E-state index contributed by atoms with van der Waals surface area (Å²) in [5, 5.41) is 14.6. The number of non-ortho nitro benzene ring substituents is 1. The van der Waals surface area contributed by atoms with Gasteiger partial charge in [-0.25, -0.2) is 0 Å². The molecule has 148 valence electrons. The van der Waals surface area contributed by atoms with Crippen LogP contribution < -0.4 is 5.32 Å². The van der Waals surface area contributed by atoms with E-state index in [1.807, 2.05) is 24.3 Å². The Bertz CT molecular complexity index is 1130. The average Bonchev–Trinajstić information content (AvgIpc) is 2.72. The molecule has 29 heavy (non-hydrogen) atoms. The Morgan fingerprint density at radius 1 is 1.31 bits per heavy atom. The number of aromatic nitrogens is 1. The van der Waals surface area contributed by atoms with Crippen LogP contribution in [0.2, 0.25) is 5.02 Å². The van der Waals surface area contributed by atoms with Crippen molar-refractivity contribution in [2.45, 2.75) is 19.9 Å². The summed E-state index contributed by atoms with van der Waals surface area (Å²) in [6.07, 6.45) is 0.784. The molecular weight excluding hydrogens is 392 g/mol. The number of nitrogens with zero attached hydrogens (tertiary/aromatic N) is 3. The maximum atomic E-state index is 13.3. The fourth-order valence-electron chi connectivity index (χ4n) is 3.68. The second kappa shape index (κ2) is 7.77. The summed E-state index contributed by atoms with van der Waals surface area (Å²) in [5.41, 5.74) is 3.42. The lowest BCUT2D eigenvalue weighted by molar-refractivity contribution is -0.384. The monoisotopic (exact) mass is 410 g/mol. The highest BCUT2D eigenvalue weighted by Gasteiger charge is 2.25. The van der Waals surface area contributed by atoms with Crippen molar-refractivity contribution in [1.82, 2.24) is 9.88 Å². The normalized spacial score (nSPS) is 13.9. The molecule has 0 unspecified atom stereocenters. The van der Waals surface area contributed by atoms with Gasteiger partial charge in [-0.05, 0) is 18.7 Å². The number of benzene rings is 2. The number of hydrogen-bond acceptors (Lipinski definition) is 5. The van der Waals surface area contributed by atoms with Gasteiger partial charge in [0.25, 0.3) is 11.6 Å². The third kappa shape index (κ3) is 3.66. The molecule has 1 aliphatic heterocycles. The van der Waals surface area contributed by atoms with Crippen LogP contribution in [0.3, 0.4) is 0 Å². The van der Waals surface area contributed by atoms with Gasteiger partial charge < -0.3 is 5.32 Å². The van der Waals surface area contributed by atoms with Crippen molar-refractivity contribution in [1.29, 1.82) is 0 Å². The van der Waals surface area contributed by atoms with Crippen molar-refractivity contribution in [2.75, 3.05) is 18.4 Å². The van der Waals surface area contributed by atoms with Crippen LogP contribution in [-0.4, -0.2) is 33.8 Å². The van der Waals surface area contributed by atoms with Gasteiger partial charge >= 0.3 is 0 Å². The van der Waals surface area contributed by atoms with Crippen molar-refractivity contribution < 1.29 is 9.72 Å². The number of fused-ring (bicyclic) bond motifs is 2. The Kier molecular flexibility index (Phi) is 5.17. The quantitative estimate of drug-likeness (QED) is 0.507. The lowest BCUT2D eigenvalue weighted by atomic mass is 9.95. The molecule has 1 aromatic heterocycles. The molecule has 2 heterocycles. The fourth-order valence-corrected chi connectivity index (χ4v) is 3.90. The molecule has 0 spiro atoms. The predicted octanol–water partition coefficient (Wildman–Crippen LogP) is 4.43. The van der Waals surface area contributed by atoms with Crippen LogP contribution >= 0.6 is 11.6 Å². The number of likely N-dealkylation sites (N-methyl/N-ethyl adjacent to an activating group) is 1. The minimum absolute atomic E-state index is 0.120. The summed E-state index contributed by atoms with van der Waals surface area (Å²) < 4.78 is 0. The van der Waals surface area contributed by atoms with E-state index in [2.05, 4.69) is 17.1 Å². The van der Waals surface area contributed by atoms with Crippen molar-refractivity contribution >= 4 is 39.8 Å². The van der Waals surface area contributed by atoms with Gasteiger partial charge in [-0.3, -0.25) is 24.8 Å². The molecule has 2 aromatic carbocycles. The highest BCUT2D eigenvalue weighted by Crippen LogP contribution is 2.31. The van der Waals surface area contributed by atoms with Crippen molar-refractivity contribution in [2.24, 2.45) is 0 Å². The van der Waals surface area contributed by atoms with Crippen LogP contribution in [-0.2, 0) is 13.0 Å². The number of rotatable bonds is 4. The number of amides is 1. The SMILES string of the molecule is CCN1CCc2nc3ccccc3c(C(=O)Nc3ccc([N+](=O)[O-])cc3Cl)c2C1. The summed E-state index contributed by atoms with van der Waals surface area (Å²) in [5.74, 6) is -0.298. The standard InChI is InChI=1S/C21H19ClN4O3/c1-2-25-10-9-18-15(12-25)20(14-5-3-4-6-17(14)23-18)21(27)24-19-8-7-13(26(28)29)11-16(19)22/h3-8,11H,2,9-10,12H2,1H3,(H,24,27). The van der Waals surface area contributed by atoms with Crippen LogP contribution in [0.4, 0.5) is 11.4 Å². The lowest BCUT2D eigenvalue weighted by Crippen LogP contribution is -2.33. The third-order valence-electron chi connectivity index (χ3n) is 5.21. The zero-order valence-electron chi connectivity index (χ0n) is 15.8.